The molecule has 4 saturated heterocycles. The number of halogens is 6. The molecule has 5 N–H and O–H groups in total. The van der Waals surface area contributed by atoms with Crippen LogP contribution in [0, 0.1) is 11.8 Å². The number of hydrogen-bond acceptors (Lipinski definition) is 18. The first-order valence-corrected chi connectivity index (χ1v) is 30.3. The first-order valence-electron chi connectivity index (χ1n) is 30.3. The fourth-order valence-corrected chi connectivity index (χ4v) is 11.1. The average Bonchev–Trinajstić information content (AvgIpc) is 1.20. The van der Waals surface area contributed by atoms with Crippen LogP contribution in [-0.2, 0) is 41.5 Å². The van der Waals surface area contributed by atoms with E-state index >= 15 is 0 Å². The number of nitrogens with one attached hydrogen (secondary N) is 3. The minimum Gasteiger partial charge on any atom is -0.378 e. The van der Waals surface area contributed by atoms with Gasteiger partial charge in [-0.3, -0.25) is 19.2 Å². The number of benzene rings is 2. The minimum absolute atomic E-state index is 0.0573. The van der Waals surface area contributed by atoms with Gasteiger partial charge in [0, 0.05) is 185 Å². The summed E-state index contributed by atoms with van der Waals surface area (Å²) in [4.78, 5) is 91.8. The van der Waals surface area contributed by atoms with Crippen LogP contribution in [0.3, 0.4) is 0 Å². The highest BCUT2D eigenvalue weighted by atomic mass is 19.4. The predicted molar refractivity (Wildman–Crippen MR) is 337 cm³/mol. The second-order valence-corrected chi connectivity index (χ2v) is 23.1. The molecule has 4 aliphatic heterocycles. The zero-order valence-corrected chi connectivity index (χ0v) is 51.1. The number of hydrogen-bond donors (Lipinski definition) is 4. The molecule has 4 amide bonds. The molecule has 6 aromatic rings. The largest absolute Gasteiger partial charge is 0.413 e. The number of allylic oxidation sites excluding steroid dienone is 1. The van der Waals surface area contributed by atoms with Crippen LogP contribution in [0.25, 0.3) is 22.5 Å². The number of carbonyl (C=O) groups excluding carboxylic acids is 4. The number of amides is 4. The van der Waals surface area contributed by atoms with Crippen LogP contribution >= 0.6 is 0 Å². The van der Waals surface area contributed by atoms with Crippen LogP contribution in [-0.4, -0.2) is 187 Å². The van der Waals surface area contributed by atoms with E-state index in [0.717, 1.165) is 22.8 Å². The SMILES string of the molecule is CC(C)C(=CC(=O)Nc1ccc(CC(=O)N2CCN(c3cc(-c4cnc(NCC(C)C(=CC(=O)Nc5ccc(CC(=O)N6CCN(c7cc(-c8cnc(N)nc8)nc(N8CCOCC8)c7)CC6)cc5)C(F)(F)F)nc4)nc(N4CCOCC4)c3)CC2)cc1)C(F)(F)F. The van der Waals surface area contributed by atoms with E-state index in [1.807, 2.05) is 24.3 Å². The van der Waals surface area contributed by atoms with Crippen molar-refractivity contribution >= 4 is 69.9 Å². The predicted octanol–water partition coefficient (Wildman–Crippen LogP) is 7.69. The number of nitrogens with zero attached hydrogens (tertiary/aromatic N) is 12. The summed E-state index contributed by atoms with van der Waals surface area (Å²) in [7, 11) is 0. The summed E-state index contributed by atoms with van der Waals surface area (Å²) in [6.07, 6.45) is -1.88. The molecule has 0 saturated carbocycles. The highest BCUT2D eigenvalue weighted by molar-refractivity contribution is 6.00. The van der Waals surface area contributed by atoms with E-state index in [1.165, 1.54) is 45.3 Å². The van der Waals surface area contributed by atoms with Gasteiger partial charge in [-0.25, -0.2) is 29.9 Å². The number of nitrogen functional groups attached to an aromatic ring is 1. The maximum atomic E-state index is 14.6. The van der Waals surface area contributed by atoms with Gasteiger partial charge in [-0.2, -0.15) is 26.3 Å². The summed E-state index contributed by atoms with van der Waals surface area (Å²) in [5.41, 5.74) is 9.92. The van der Waals surface area contributed by atoms with Gasteiger partial charge in [0.25, 0.3) is 0 Å². The maximum absolute atomic E-state index is 14.6. The lowest BCUT2D eigenvalue weighted by Gasteiger charge is -2.37. The molecule has 28 heteroatoms. The summed E-state index contributed by atoms with van der Waals surface area (Å²) in [6.45, 7) is 12.5. The zero-order chi connectivity index (χ0) is 65.1. The standard InChI is InChI=1S/C64H72F6N16O6/c1-41(2)51(63(65,66)67)34-57(87)77-47-8-4-43(5-9-47)28-59(89)86-18-14-82(15-19-86)50-31-54(80-56(33-50)84-22-26-92-27-23-84)46-39-75-62(76-40-46)74-36-42(3)52(64(68,69)70)35-58(88)78-48-10-6-44(7-11-48)29-60(90)85-16-12-81(13-17-85)49-30-53(45-37-72-61(71)73-38-45)79-55(32-49)83-20-24-91-25-21-83/h4-11,30-35,37-42H,12-29,36H2,1-3H3,(H,77,87)(H,78,88)(H2,71,72,73)(H,74,75,76). The van der Waals surface area contributed by atoms with Gasteiger partial charge < -0.3 is 60.6 Å². The van der Waals surface area contributed by atoms with Crippen LogP contribution in [0.1, 0.15) is 31.9 Å². The molecule has 10 rings (SSSR count). The first-order chi connectivity index (χ1) is 44.1. The highest BCUT2D eigenvalue weighted by Gasteiger charge is 2.38. The van der Waals surface area contributed by atoms with Crippen LogP contribution in [0.15, 0.2) is 121 Å². The summed E-state index contributed by atoms with van der Waals surface area (Å²) in [5, 5.41) is 7.86. The van der Waals surface area contributed by atoms with Crippen molar-refractivity contribution in [1.82, 2.24) is 39.7 Å². The molecule has 8 heterocycles. The quantitative estimate of drug-likeness (QED) is 0.0448. The van der Waals surface area contributed by atoms with Crippen molar-refractivity contribution < 1.29 is 55.0 Å². The van der Waals surface area contributed by atoms with Gasteiger partial charge in [0.2, 0.25) is 35.5 Å². The molecule has 4 aliphatic rings. The average molecular weight is 1280 g/mol. The van der Waals surface area contributed by atoms with E-state index in [9.17, 15) is 45.5 Å². The topological polar surface area (TPSA) is 246 Å². The van der Waals surface area contributed by atoms with E-state index in [2.05, 4.69) is 55.5 Å². The molecule has 0 radical (unpaired) electrons. The zero-order valence-electron chi connectivity index (χ0n) is 51.1. The molecule has 1 atom stereocenters. The molecule has 486 valence electrons. The van der Waals surface area contributed by atoms with Crippen LogP contribution in [0.4, 0.5) is 72.6 Å². The van der Waals surface area contributed by atoms with E-state index < -0.39 is 47.1 Å². The van der Waals surface area contributed by atoms with Crippen molar-refractivity contribution in [2.45, 2.75) is 46.0 Å². The van der Waals surface area contributed by atoms with Gasteiger partial charge in [0.15, 0.2) is 0 Å². The Morgan fingerprint density at radius 2 is 0.924 bits per heavy atom. The van der Waals surface area contributed by atoms with Crippen molar-refractivity contribution in [3.63, 3.8) is 0 Å². The molecule has 2 aromatic carbocycles. The highest BCUT2D eigenvalue weighted by Crippen LogP contribution is 2.35. The lowest BCUT2D eigenvalue weighted by atomic mass is 10.00. The number of ether oxygens (including phenoxy) is 2. The smallest absolute Gasteiger partial charge is 0.378 e. The van der Waals surface area contributed by atoms with Crippen molar-refractivity contribution in [2.75, 3.05) is 153 Å². The summed E-state index contributed by atoms with van der Waals surface area (Å²) in [5.74, 6) is -2.48. The van der Waals surface area contributed by atoms with Gasteiger partial charge >= 0.3 is 12.4 Å². The van der Waals surface area contributed by atoms with E-state index in [-0.39, 0.29) is 54.5 Å². The van der Waals surface area contributed by atoms with Crippen LogP contribution < -0.4 is 41.3 Å². The number of aromatic nitrogens is 6. The normalized spacial score (nSPS) is 16.6. The summed E-state index contributed by atoms with van der Waals surface area (Å²) < 4.78 is 95.1. The number of piperazine rings is 2. The Hall–Kier alpha value is -9.44. The Bertz CT molecular complexity index is 3600. The summed E-state index contributed by atoms with van der Waals surface area (Å²) in [6, 6.07) is 20.7. The molecule has 92 heavy (non-hydrogen) atoms. The molecule has 4 fully saturated rings. The van der Waals surface area contributed by atoms with Crippen molar-refractivity contribution in [3.05, 3.63) is 132 Å². The van der Waals surface area contributed by atoms with Crippen molar-refractivity contribution in [1.29, 1.82) is 0 Å². The number of anilines is 8. The number of nitrogens with two attached hydrogens (primary N) is 1. The molecule has 0 spiro atoms. The Kier molecular flexibility index (Phi) is 20.8. The maximum Gasteiger partial charge on any atom is 0.413 e. The third-order valence-corrected chi connectivity index (χ3v) is 16.3. The Morgan fingerprint density at radius 1 is 0.533 bits per heavy atom. The number of alkyl halides is 6. The molecule has 1 unspecified atom stereocenters. The molecule has 0 aliphatic carbocycles. The molecular formula is C64H72F6N16O6. The van der Waals surface area contributed by atoms with E-state index in [0.29, 0.717) is 151 Å². The van der Waals surface area contributed by atoms with Crippen molar-refractivity contribution in [3.8, 4) is 22.5 Å². The molecule has 0 bridgehead atoms. The second-order valence-electron chi connectivity index (χ2n) is 23.1. The fraction of sp³-hybridized carbons (Fsp3) is 0.406. The molecule has 22 nitrogen and oxygen atoms in total. The first kappa shape index (κ1) is 65.5. The lowest BCUT2D eigenvalue weighted by molar-refractivity contribution is -0.131. The monoisotopic (exact) mass is 1270 g/mol. The lowest BCUT2D eigenvalue weighted by Crippen LogP contribution is -2.49. The summed E-state index contributed by atoms with van der Waals surface area (Å²) >= 11 is 0. The fourth-order valence-electron chi connectivity index (χ4n) is 11.1. The van der Waals surface area contributed by atoms with Crippen LogP contribution in [0.2, 0.25) is 0 Å². The van der Waals surface area contributed by atoms with Gasteiger partial charge in [-0.15, -0.1) is 0 Å². The Balaban J connectivity index is 0.706. The van der Waals surface area contributed by atoms with E-state index in [1.54, 1.807) is 58.6 Å². The van der Waals surface area contributed by atoms with Gasteiger partial charge in [-0.1, -0.05) is 45.0 Å². The van der Waals surface area contributed by atoms with Crippen LogP contribution in [0.5, 0.6) is 0 Å². The van der Waals surface area contributed by atoms with Gasteiger partial charge in [0.1, 0.15) is 11.6 Å². The van der Waals surface area contributed by atoms with Crippen molar-refractivity contribution in [2.24, 2.45) is 11.8 Å². The number of rotatable bonds is 19. The number of carbonyl (C=O) groups is 4. The van der Waals surface area contributed by atoms with E-state index in [4.69, 9.17) is 25.2 Å². The Labute approximate surface area is 527 Å². The third-order valence-electron chi connectivity index (χ3n) is 16.3. The number of morpholine rings is 2. The minimum atomic E-state index is -4.85. The third kappa shape index (κ3) is 17.3. The Morgan fingerprint density at radius 3 is 1.32 bits per heavy atom. The van der Waals surface area contributed by atoms with Gasteiger partial charge in [-0.05, 0) is 53.4 Å². The second kappa shape index (κ2) is 29.2. The molecular weight excluding hydrogens is 1200 g/mol. The van der Waals surface area contributed by atoms with Gasteiger partial charge in [0.05, 0.1) is 50.7 Å². The molecule has 4 aromatic heterocycles. The number of pyridine rings is 2.